The number of carbonyl (C=O) groups excluding carboxylic acids is 2. The summed E-state index contributed by atoms with van der Waals surface area (Å²) in [5, 5.41) is 10.5. The van der Waals surface area contributed by atoms with Gasteiger partial charge in [-0.3, -0.25) is 9.59 Å². The molecule has 9 heteroatoms. The predicted octanol–water partition coefficient (Wildman–Crippen LogP) is 4.43. The van der Waals surface area contributed by atoms with Crippen LogP contribution in [-0.2, 0) is 14.9 Å². The Hall–Kier alpha value is -2.87. The fourth-order valence-corrected chi connectivity index (χ4v) is 4.47. The molecule has 178 valence electrons. The van der Waals surface area contributed by atoms with Crippen molar-refractivity contribution in [1.29, 1.82) is 0 Å². The van der Waals surface area contributed by atoms with Gasteiger partial charge in [-0.2, -0.15) is 5.10 Å². The summed E-state index contributed by atoms with van der Waals surface area (Å²) in [4.78, 5) is 36.2. The monoisotopic (exact) mass is 474 g/mol. The van der Waals surface area contributed by atoms with Crippen molar-refractivity contribution >= 4 is 29.4 Å². The van der Waals surface area contributed by atoms with Gasteiger partial charge >= 0.3 is 6.09 Å². The molecule has 33 heavy (non-hydrogen) atoms. The highest BCUT2D eigenvalue weighted by atomic mass is 35.5. The predicted molar refractivity (Wildman–Crippen MR) is 128 cm³/mol. The van der Waals surface area contributed by atoms with Crippen molar-refractivity contribution in [2.24, 2.45) is 0 Å². The minimum atomic E-state index is -0.587. The maximum absolute atomic E-state index is 12.5. The number of carbonyl (C=O) groups is 2. The van der Waals surface area contributed by atoms with E-state index in [-0.39, 0.29) is 22.9 Å². The number of nitrogens with zero attached hydrogens (tertiary/aromatic N) is 2. The van der Waals surface area contributed by atoms with Crippen LogP contribution in [0.25, 0.3) is 0 Å². The molecule has 0 saturated heterocycles. The summed E-state index contributed by atoms with van der Waals surface area (Å²) in [6, 6.07) is 10.5. The van der Waals surface area contributed by atoms with Crippen molar-refractivity contribution in [3.63, 3.8) is 0 Å². The SMILES string of the molecule is CC(=O)Nc1ccc(=O)n(C2CCC(CNC(=O)OC(C)(C)C)(c3cccc(Cl)c3)CC2)n1. The first-order valence-corrected chi connectivity index (χ1v) is 11.5. The molecule has 0 spiro atoms. The van der Waals surface area contributed by atoms with Gasteiger partial charge in [0.25, 0.3) is 5.56 Å². The van der Waals surface area contributed by atoms with Gasteiger partial charge in [0.1, 0.15) is 5.60 Å². The van der Waals surface area contributed by atoms with E-state index in [4.69, 9.17) is 16.3 Å². The normalized spacial score (nSPS) is 20.7. The lowest BCUT2D eigenvalue weighted by Gasteiger charge is -2.41. The van der Waals surface area contributed by atoms with Crippen molar-refractivity contribution in [1.82, 2.24) is 15.1 Å². The third-order valence-electron chi connectivity index (χ3n) is 5.79. The van der Waals surface area contributed by atoms with Gasteiger partial charge in [-0.05, 0) is 70.2 Å². The molecular formula is C24H31ClN4O4. The van der Waals surface area contributed by atoms with E-state index in [1.165, 1.54) is 23.7 Å². The number of hydrogen-bond donors (Lipinski definition) is 2. The molecule has 1 fully saturated rings. The summed E-state index contributed by atoms with van der Waals surface area (Å²) < 4.78 is 6.87. The van der Waals surface area contributed by atoms with Gasteiger partial charge in [0.15, 0.2) is 5.82 Å². The zero-order chi connectivity index (χ0) is 24.2. The van der Waals surface area contributed by atoms with E-state index in [9.17, 15) is 14.4 Å². The molecule has 3 rings (SSSR count). The molecule has 2 amide bonds. The second-order valence-electron chi connectivity index (χ2n) is 9.56. The van der Waals surface area contributed by atoms with E-state index in [1.807, 2.05) is 45.0 Å². The van der Waals surface area contributed by atoms with Gasteiger partial charge in [-0.15, -0.1) is 0 Å². The number of aromatic nitrogens is 2. The van der Waals surface area contributed by atoms with Crippen molar-refractivity contribution in [2.45, 2.75) is 70.4 Å². The minimum absolute atomic E-state index is 0.111. The summed E-state index contributed by atoms with van der Waals surface area (Å²) in [7, 11) is 0. The summed E-state index contributed by atoms with van der Waals surface area (Å²) in [5.41, 5.74) is -0.110. The van der Waals surface area contributed by atoms with Crippen LogP contribution in [0.5, 0.6) is 0 Å². The molecule has 2 aromatic rings. The molecule has 1 aromatic heterocycles. The lowest BCUT2D eigenvalue weighted by Crippen LogP contribution is -2.45. The Morgan fingerprint density at radius 3 is 2.52 bits per heavy atom. The maximum atomic E-state index is 12.5. The van der Waals surface area contributed by atoms with Crippen LogP contribution in [-0.4, -0.2) is 33.9 Å². The summed E-state index contributed by atoms with van der Waals surface area (Å²) in [6.07, 6.45) is 2.32. The molecule has 0 radical (unpaired) electrons. The summed E-state index contributed by atoms with van der Waals surface area (Å²) in [5.74, 6) is 0.102. The van der Waals surface area contributed by atoms with Crippen LogP contribution in [0.4, 0.5) is 10.6 Å². The molecule has 1 aliphatic carbocycles. The number of amides is 2. The number of hydrogen-bond acceptors (Lipinski definition) is 5. The fraction of sp³-hybridized carbons (Fsp3) is 0.500. The first kappa shape index (κ1) is 24.8. The molecule has 0 bridgehead atoms. The van der Waals surface area contributed by atoms with Crippen LogP contribution < -0.4 is 16.2 Å². The lowest BCUT2D eigenvalue weighted by molar-refractivity contribution is -0.114. The average molecular weight is 475 g/mol. The molecule has 0 aliphatic heterocycles. The maximum Gasteiger partial charge on any atom is 0.407 e. The number of nitrogens with one attached hydrogen (secondary N) is 2. The Morgan fingerprint density at radius 2 is 1.91 bits per heavy atom. The van der Waals surface area contributed by atoms with Crippen molar-refractivity contribution < 1.29 is 14.3 Å². The Labute approximate surface area is 198 Å². The van der Waals surface area contributed by atoms with E-state index in [0.717, 1.165) is 5.56 Å². The molecule has 2 N–H and O–H groups in total. The highest BCUT2D eigenvalue weighted by molar-refractivity contribution is 6.30. The van der Waals surface area contributed by atoms with Crippen LogP contribution in [0.3, 0.4) is 0 Å². The van der Waals surface area contributed by atoms with E-state index in [2.05, 4.69) is 15.7 Å². The number of alkyl carbamates (subject to hydrolysis) is 1. The Morgan fingerprint density at radius 1 is 1.21 bits per heavy atom. The van der Waals surface area contributed by atoms with E-state index < -0.39 is 11.7 Å². The zero-order valence-electron chi connectivity index (χ0n) is 19.5. The highest BCUT2D eigenvalue weighted by Crippen LogP contribution is 2.43. The van der Waals surface area contributed by atoms with Crippen LogP contribution in [0.15, 0.2) is 41.2 Å². The van der Waals surface area contributed by atoms with E-state index in [0.29, 0.717) is 43.1 Å². The summed E-state index contributed by atoms with van der Waals surface area (Å²) >= 11 is 6.28. The second kappa shape index (κ2) is 9.95. The van der Waals surface area contributed by atoms with Crippen molar-refractivity contribution in [2.75, 3.05) is 11.9 Å². The van der Waals surface area contributed by atoms with Gasteiger partial charge in [0.05, 0.1) is 6.04 Å². The Balaban J connectivity index is 1.81. The topological polar surface area (TPSA) is 102 Å². The average Bonchev–Trinajstić information content (AvgIpc) is 2.72. The third kappa shape index (κ3) is 6.57. The van der Waals surface area contributed by atoms with Crippen molar-refractivity contribution in [3.8, 4) is 0 Å². The molecule has 1 aromatic carbocycles. The van der Waals surface area contributed by atoms with Crippen molar-refractivity contribution in [3.05, 3.63) is 57.3 Å². The molecule has 1 heterocycles. The third-order valence-corrected chi connectivity index (χ3v) is 6.03. The molecule has 8 nitrogen and oxygen atoms in total. The van der Waals surface area contributed by atoms with Gasteiger partial charge in [0, 0.05) is 30.0 Å². The molecule has 1 saturated carbocycles. The van der Waals surface area contributed by atoms with Crippen LogP contribution in [0.2, 0.25) is 5.02 Å². The van der Waals surface area contributed by atoms with E-state index >= 15 is 0 Å². The van der Waals surface area contributed by atoms with Gasteiger partial charge in [-0.1, -0.05) is 23.7 Å². The standard InChI is InChI=1S/C24H31ClN4O4/c1-16(30)27-20-8-9-21(31)29(28-20)19-10-12-24(13-11-19,17-6-5-7-18(25)14-17)15-26-22(32)33-23(2,3)4/h5-9,14,19H,10-13,15H2,1-4H3,(H,26,32)(H,27,28,30). The molecule has 0 unspecified atom stereocenters. The number of anilines is 1. The van der Waals surface area contributed by atoms with Gasteiger partial charge in [0.2, 0.25) is 5.91 Å². The largest absolute Gasteiger partial charge is 0.444 e. The number of benzene rings is 1. The van der Waals surface area contributed by atoms with E-state index in [1.54, 1.807) is 0 Å². The van der Waals surface area contributed by atoms with Gasteiger partial charge < -0.3 is 15.4 Å². The zero-order valence-corrected chi connectivity index (χ0v) is 20.2. The quantitative estimate of drug-likeness (QED) is 0.667. The number of ether oxygens (including phenoxy) is 1. The molecule has 1 aliphatic rings. The smallest absolute Gasteiger partial charge is 0.407 e. The summed E-state index contributed by atoms with van der Waals surface area (Å²) in [6.45, 7) is 7.26. The van der Waals surface area contributed by atoms with Crippen LogP contribution in [0.1, 0.15) is 65.0 Å². The van der Waals surface area contributed by atoms with Crippen LogP contribution in [0, 0.1) is 0 Å². The lowest BCUT2D eigenvalue weighted by atomic mass is 9.68. The Bertz CT molecular complexity index is 1070. The fourth-order valence-electron chi connectivity index (χ4n) is 4.28. The minimum Gasteiger partial charge on any atom is -0.444 e. The number of halogens is 1. The first-order chi connectivity index (χ1) is 15.5. The molecule has 0 atom stereocenters. The van der Waals surface area contributed by atoms with Crippen LogP contribution >= 0.6 is 11.6 Å². The number of rotatable bonds is 5. The highest BCUT2D eigenvalue weighted by Gasteiger charge is 2.38. The van der Waals surface area contributed by atoms with Gasteiger partial charge in [-0.25, -0.2) is 9.48 Å². The Kier molecular flexibility index (Phi) is 7.47. The first-order valence-electron chi connectivity index (χ1n) is 11.1. The second-order valence-corrected chi connectivity index (χ2v) is 10.00. The molecular weight excluding hydrogens is 444 g/mol.